The quantitative estimate of drug-likeness (QED) is 0.717. The number of benzene rings is 1. The zero-order valence-corrected chi connectivity index (χ0v) is 10.4. The Morgan fingerprint density at radius 3 is 2.44 bits per heavy atom. The van der Waals surface area contributed by atoms with E-state index in [0.717, 1.165) is 38.2 Å². The fraction of sp³-hybridized carbons (Fsp3) is 0.571. The van der Waals surface area contributed by atoms with Crippen LogP contribution in [0.3, 0.4) is 0 Å². The van der Waals surface area contributed by atoms with Gasteiger partial charge in [0.1, 0.15) is 5.75 Å². The Balaban J connectivity index is 2.17. The van der Waals surface area contributed by atoms with Crippen LogP contribution in [0.1, 0.15) is 33.1 Å². The van der Waals surface area contributed by atoms with Gasteiger partial charge in [-0.05, 0) is 43.4 Å². The molecule has 0 aromatic heterocycles. The molecule has 0 aliphatic rings. The van der Waals surface area contributed by atoms with Crippen LogP contribution in [-0.2, 0) is 0 Å². The van der Waals surface area contributed by atoms with Crippen LogP contribution in [0.5, 0.6) is 5.75 Å². The van der Waals surface area contributed by atoms with Gasteiger partial charge in [0.15, 0.2) is 0 Å². The lowest BCUT2D eigenvalue weighted by Crippen LogP contribution is -2.17. The van der Waals surface area contributed by atoms with Crippen molar-refractivity contribution in [1.82, 2.24) is 0 Å². The summed E-state index contributed by atoms with van der Waals surface area (Å²) in [5, 5.41) is 0. The summed E-state index contributed by atoms with van der Waals surface area (Å²) in [7, 11) is 0. The Kier molecular flexibility index (Phi) is 5.33. The van der Waals surface area contributed by atoms with Crippen molar-refractivity contribution in [2.45, 2.75) is 33.1 Å². The first kappa shape index (κ1) is 13.0. The summed E-state index contributed by atoms with van der Waals surface area (Å²) in [6.45, 7) is 6.09. The smallest absolute Gasteiger partial charge is 0.119 e. The van der Waals surface area contributed by atoms with Crippen molar-refractivity contribution in [3.8, 4) is 5.75 Å². The van der Waals surface area contributed by atoms with Crippen molar-refractivity contribution in [2.24, 2.45) is 11.1 Å². The zero-order valence-electron chi connectivity index (χ0n) is 10.4. The topological polar surface area (TPSA) is 35.2 Å². The molecule has 0 radical (unpaired) electrons. The number of hydrogen-bond donors (Lipinski definition) is 1. The summed E-state index contributed by atoms with van der Waals surface area (Å²) in [6, 6.07) is 9.97. The van der Waals surface area contributed by atoms with Crippen LogP contribution < -0.4 is 10.5 Å². The predicted octanol–water partition coefficient (Wildman–Crippen LogP) is 3.22. The summed E-state index contributed by atoms with van der Waals surface area (Å²) < 4.78 is 5.65. The van der Waals surface area contributed by atoms with Gasteiger partial charge in [0, 0.05) is 0 Å². The molecule has 0 bridgehead atoms. The average molecular weight is 221 g/mol. The number of hydrogen-bond acceptors (Lipinski definition) is 2. The van der Waals surface area contributed by atoms with E-state index in [2.05, 4.69) is 13.8 Å². The SMILES string of the molecule is CC(C)(CCN)CCCOc1ccccc1. The van der Waals surface area contributed by atoms with E-state index in [1.807, 2.05) is 30.3 Å². The zero-order chi connectivity index (χ0) is 11.9. The van der Waals surface area contributed by atoms with Crippen LogP contribution >= 0.6 is 0 Å². The normalized spacial score (nSPS) is 11.4. The lowest BCUT2D eigenvalue weighted by Gasteiger charge is -2.23. The fourth-order valence-corrected chi connectivity index (χ4v) is 1.77. The molecule has 16 heavy (non-hydrogen) atoms. The van der Waals surface area contributed by atoms with Crippen LogP contribution in [0.25, 0.3) is 0 Å². The maximum absolute atomic E-state index is 5.65. The van der Waals surface area contributed by atoms with Crippen LogP contribution in [0.2, 0.25) is 0 Å². The Morgan fingerprint density at radius 1 is 1.12 bits per heavy atom. The third-order valence-corrected chi connectivity index (χ3v) is 2.83. The number of ether oxygens (including phenoxy) is 1. The average Bonchev–Trinajstić information content (AvgIpc) is 2.26. The highest BCUT2D eigenvalue weighted by molar-refractivity contribution is 5.20. The van der Waals surface area contributed by atoms with E-state index in [0.29, 0.717) is 5.41 Å². The van der Waals surface area contributed by atoms with Gasteiger partial charge in [0.25, 0.3) is 0 Å². The van der Waals surface area contributed by atoms with Crippen LogP contribution in [0, 0.1) is 5.41 Å². The van der Waals surface area contributed by atoms with Gasteiger partial charge in [0.05, 0.1) is 6.61 Å². The molecule has 1 rings (SSSR count). The van der Waals surface area contributed by atoms with E-state index in [9.17, 15) is 0 Å². The highest BCUT2D eigenvalue weighted by atomic mass is 16.5. The van der Waals surface area contributed by atoms with Crippen molar-refractivity contribution >= 4 is 0 Å². The first-order chi connectivity index (χ1) is 7.64. The van der Waals surface area contributed by atoms with Gasteiger partial charge in [-0.1, -0.05) is 32.0 Å². The van der Waals surface area contributed by atoms with Crippen molar-refractivity contribution in [1.29, 1.82) is 0 Å². The van der Waals surface area contributed by atoms with Crippen LogP contribution in [0.4, 0.5) is 0 Å². The van der Waals surface area contributed by atoms with Crippen LogP contribution in [-0.4, -0.2) is 13.2 Å². The molecule has 0 saturated carbocycles. The van der Waals surface area contributed by atoms with Gasteiger partial charge in [-0.3, -0.25) is 0 Å². The summed E-state index contributed by atoms with van der Waals surface area (Å²) in [6.07, 6.45) is 3.33. The molecule has 0 unspecified atom stereocenters. The van der Waals surface area contributed by atoms with E-state index in [4.69, 9.17) is 10.5 Å². The molecule has 0 saturated heterocycles. The van der Waals surface area contributed by atoms with Gasteiger partial charge < -0.3 is 10.5 Å². The van der Waals surface area contributed by atoms with Crippen molar-refractivity contribution in [2.75, 3.05) is 13.2 Å². The molecular weight excluding hydrogens is 198 g/mol. The van der Waals surface area contributed by atoms with E-state index < -0.39 is 0 Å². The predicted molar refractivity (Wildman–Crippen MR) is 68.6 cm³/mol. The summed E-state index contributed by atoms with van der Waals surface area (Å²) in [4.78, 5) is 0. The third kappa shape index (κ3) is 5.17. The number of rotatable bonds is 7. The van der Waals surface area contributed by atoms with Gasteiger partial charge in [0.2, 0.25) is 0 Å². The summed E-state index contributed by atoms with van der Waals surface area (Å²) in [5.74, 6) is 0.958. The molecule has 2 N–H and O–H groups in total. The number of para-hydroxylation sites is 1. The van der Waals surface area contributed by atoms with Crippen LogP contribution in [0.15, 0.2) is 30.3 Å². The minimum atomic E-state index is 0.342. The molecule has 0 aliphatic heterocycles. The molecule has 0 spiro atoms. The molecule has 0 heterocycles. The first-order valence-electron chi connectivity index (χ1n) is 6.02. The highest BCUT2D eigenvalue weighted by Gasteiger charge is 2.15. The van der Waals surface area contributed by atoms with Gasteiger partial charge in [-0.25, -0.2) is 0 Å². The van der Waals surface area contributed by atoms with Crippen molar-refractivity contribution in [3.63, 3.8) is 0 Å². The molecule has 0 fully saturated rings. The molecule has 2 nitrogen and oxygen atoms in total. The second kappa shape index (κ2) is 6.54. The van der Waals surface area contributed by atoms with Gasteiger partial charge in [-0.2, -0.15) is 0 Å². The van der Waals surface area contributed by atoms with Crippen molar-refractivity contribution in [3.05, 3.63) is 30.3 Å². The highest BCUT2D eigenvalue weighted by Crippen LogP contribution is 2.25. The Morgan fingerprint density at radius 2 is 1.81 bits per heavy atom. The van der Waals surface area contributed by atoms with E-state index in [1.165, 1.54) is 0 Å². The van der Waals surface area contributed by atoms with E-state index >= 15 is 0 Å². The minimum absolute atomic E-state index is 0.342. The van der Waals surface area contributed by atoms with Crippen molar-refractivity contribution < 1.29 is 4.74 Å². The standard InChI is InChI=1S/C14H23NO/c1-14(2,10-11-15)9-6-12-16-13-7-4-3-5-8-13/h3-5,7-8H,6,9-12,15H2,1-2H3. The number of nitrogens with two attached hydrogens (primary N) is 1. The Hall–Kier alpha value is -1.02. The monoisotopic (exact) mass is 221 g/mol. The molecule has 0 atom stereocenters. The molecular formula is C14H23NO. The molecule has 0 aliphatic carbocycles. The minimum Gasteiger partial charge on any atom is -0.494 e. The molecule has 1 aromatic rings. The maximum Gasteiger partial charge on any atom is 0.119 e. The van der Waals surface area contributed by atoms with E-state index in [-0.39, 0.29) is 0 Å². The van der Waals surface area contributed by atoms with Gasteiger partial charge >= 0.3 is 0 Å². The third-order valence-electron chi connectivity index (χ3n) is 2.83. The van der Waals surface area contributed by atoms with Gasteiger partial charge in [-0.15, -0.1) is 0 Å². The molecule has 90 valence electrons. The largest absolute Gasteiger partial charge is 0.494 e. The van der Waals surface area contributed by atoms with E-state index in [1.54, 1.807) is 0 Å². The molecule has 1 aromatic carbocycles. The Labute approximate surface area is 98.8 Å². The summed E-state index contributed by atoms with van der Waals surface area (Å²) >= 11 is 0. The molecule has 2 heteroatoms. The Bertz CT molecular complexity index is 282. The lowest BCUT2D eigenvalue weighted by atomic mass is 9.84. The molecule has 0 amide bonds. The fourth-order valence-electron chi connectivity index (χ4n) is 1.77. The second-order valence-corrected chi connectivity index (χ2v) is 4.97. The summed E-state index contributed by atoms with van der Waals surface area (Å²) in [5.41, 5.74) is 5.92. The second-order valence-electron chi connectivity index (χ2n) is 4.97. The lowest BCUT2D eigenvalue weighted by molar-refractivity contribution is 0.248. The maximum atomic E-state index is 5.65. The first-order valence-corrected chi connectivity index (χ1v) is 6.02.